The molecular weight excluding hydrogens is 288 g/mol. The number of nitrogens with one attached hydrogen (secondary N) is 1. The number of hydrogen-bond donors (Lipinski definition) is 2. The van der Waals surface area contributed by atoms with Crippen LogP contribution in [0.25, 0.3) is 22.2 Å². The second-order valence-electron chi connectivity index (χ2n) is 5.58. The summed E-state index contributed by atoms with van der Waals surface area (Å²) in [6.07, 6.45) is 0.784. The number of benzene rings is 2. The van der Waals surface area contributed by atoms with Gasteiger partial charge in [0, 0.05) is 17.4 Å². The van der Waals surface area contributed by atoms with Crippen molar-refractivity contribution in [3.05, 3.63) is 65.7 Å². The van der Waals surface area contributed by atoms with Crippen LogP contribution in [0.2, 0.25) is 0 Å². The third kappa shape index (κ3) is 3.38. The van der Waals surface area contributed by atoms with Gasteiger partial charge in [-0.05, 0) is 31.0 Å². The van der Waals surface area contributed by atoms with Gasteiger partial charge in [-0.1, -0.05) is 48.0 Å². The maximum atomic E-state index is 11.3. The number of pyridine rings is 1. The van der Waals surface area contributed by atoms with Gasteiger partial charge in [0.25, 0.3) is 0 Å². The molecule has 1 aromatic heterocycles. The number of carbonyl (C=O) groups is 1. The highest BCUT2D eigenvalue weighted by atomic mass is 16.5. The third-order valence-electron chi connectivity index (χ3n) is 3.90. The summed E-state index contributed by atoms with van der Waals surface area (Å²) >= 11 is 0. The van der Waals surface area contributed by atoms with E-state index in [9.17, 15) is 4.79 Å². The van der Waals surface area contributed by atoms with E-state index in [1.54, 1.807) is 5.48 Å². The Morgan fingerprint density at radius 1 is 1.13 bits per heavy atom. The van der Waals surface area contributed by atoms with Gasteiger partial charge in [0.1, 0.15) is 0 Å². The number of fused-ring (bicyclic) bond motifs is 1. The number of rotatable bonds is 4. The highest BCUT2D eigenvalue weighted by molar-refractivity contribution is 5.86. The zero-order valence-corrected chi connectivity index (χ0v) is 12.9. The molecule has 3 rings (SSSR count). The van der Waals surface area contributed by atoms with Crippen LogP contribution in [0.15, 0.2) is 54.6 Å². The zero-order valence-electron chi connectivity index (χ0n) is 12.9. The molecule has 0 saturated carbocycles. The van der Waals surface area contributed by atoms with E-state index >= 15 is 0 Å². The molecule has 0 atom stereocenters. The molecule has 0 aliphatic heterocycles. The lowest BCUT2D eigenvalue weighted by atomic mass is 10.0. The topological polar surface area (TPSA) is 62.2 Å². The summed E-state index contributed by atoms with van der Waals surface area (Å²) in [5, 5.41) is 9.71. The van der Waals surface area contributed by atoms with Gasteiger partial charge in [0.05, 0.1) is 11.2 Å². The van der Waals surface area contributed by atoms with E-state index in [1.807, 2.05) is 30.3 Å². The summed E-state index contributed by atoms with van der Waals surface area (Å²) in [6, 6.07) is 18.2. The second-order valence-corrected chi connectivity index (χ2v) is 5.58. The molecule has 2 N–H and O–H groups in total. The molecule has 0 radical (unpaired) electrons. The molecule has 0 spiro atoms. The lowest BCUT2D eigenvalue weighted by Gasteiger charge is -2.10. The number of hydrogen-bond acceptors (Lipinski definition) is 3. The molecule has 0 aliphatic rings. The number of hydroxylamine groups is 1. The molecule has 0 saturated heterocycles. The molecular formula is C19H18N2O2. The lowest BCUT2D eigenvalue weighted by molar-refractivity contribution is -0.129. The number of para-hydroxylation sites is 1. The predicted octanol–water partition coefficient (Wildman–Crippen LogP) is 3.65. The number of nitrogens with zero attached hydrogens (tertiary/aromatic N) is 1. The Hall–Kier alpha value is -2.72. The van der Waals surface area contributed by atoms with Crippen LogP contribution in [-0.4, -0.2) is 16.1 Å². The normalized spacial score (nSPS) is 10.7. The maximum Gasteiger partial charge on any atom is 0.243 e. The van der Waals surface area contributed by atoms with E-state index in [-0.39, 0.29) is 12.3 Å². The van der Waals surface area contributed by atoms with Crippen LogP contribution in [0.3, 0.4) is 0 Å². The largest absolute Gasteiger partial charge is 0.289 e. The van der Waals surface area contributed by atoms with E-state index in [0.717, 1.165) is 27.7 Å². The first-order valence-corrected chi connectivity index (χ1v) is 7.56. The SMILES string of the molecule is Cc1ccc(-c2cc(CCC(=O)NO)c3ccccc3n2)cc1. The Kier molecular flexibility index (Phi) is 4.35. The minimum Gasteiger partial charge on any atom is -0.289 e. The quantitative estimate of drug-likeness (QED) is 0.571. The Morgan fingerprint density at radius 3 is 2.61 bits per heavy atom. The first kappa shape index (κ1) is 15.2. The van der Waals surface area contributed by atoms with Crippen molar-refractivity contribution in [2.45, 2.75) is 19.8 Å². The molecule has 0 fully saturated rings. The van der Waals surface area contributed by atoms with Crippen molar-refractivity contribution in [3.8, 4) is 11.3 Å². The molecule has 23 heavy (non-hydrogen) atoms. The molecule has 4 heteroatoms. The summed E-state index contributed by atoms with van der Waals surface area (Å²) in [7, 11) is 0. The first-order valence-electron chi connectivity index (χ1n) is 7.56. The van der Waals surface area contributed by atoms with Crippen molar-refractivity contribution < 1.29 is 10.0 Å². The second kappa shape index (κ2) is 6.58. The predicted molar refractivity (Wildman–Crippen MR) is 90.2 cm³/mol. The van der Waals surface area contributed by atoms with Crippen molar-refractivity contribution in [2.75, 3.05) is 0 Å². The molecule has 1 amide bonds. The minimum absolute atomic E-state index is 0.234. The van der Waals surface area contributed by atoms with Crippen molar-refractivity contribution in [3.63, 3.8) is 0 Å². The molecule has 0 bridgehead atoms. The summed E-state index contributed by atoms with van der Waals surface area (Å²) in [5.74, 6) is -0.386. The average Bonchev–Trinajstić information content (AvgIpc) is 2.59. The van der Waals surface area contributed by atoms with Crippen LogP contribution in [0.4, 0.5) is 0 Å². The zero-order chi connectivity index (χ0) is 16.2. The van der Waals surface area contributed by atoms with E-state index < -0.39 is 0 Å². The smallest absolute Gasteiger partial charge is 0.243 e. The van der Waals surface area contributed by atoms with Crippen LogP contribution in [0.5, 0.6) is 0 Å². The number of amides is 1. The molecule has 3 aromatic rings. The number of aromatic nitrogens is 1. The van der Waals surface area contributed by atoms with Gasteiger partial charge in [-0.2, -0.15) is 0 Å². The molecule has 2 aromatic carbocycles. The van der Waals surface area contributed by atoms with Crippen molar-refractivity contribution in [1.29, 1.82) is 0 Å². The minimum atomic E-state index is -0.386. The Morgan fingerprint density at radius 2 is 1.87 bits per heavy atom. The maximum absolute atomic E-state index is 11.3. The molecule has 4 nitrogen and oxygen atoms in total. The monoisotopic (exact) mass is 306 g/mol. The van der Waals surface area contributed by atoms with E-state index in [0.29, 0.717) is 6.42 Å². The van der Waals surface area contributed by atoms with E-state index in [1.165, 1.54) is 5.56 Å². The van der Waals surface area contributed by atoms with Gasteiger partial charge in [0.2, 0.25) is 5.91 Å². The van der Waals surface area contributed by atoms with Gasteiger partial charge >= 0.3 is 0 Å². The van der Waals surface area contributed by atoms with Gasteiger partial charge in [-0.3, -0.25) is 10.0 Å². The van der Waals surface area contributed by atoms with Crippen LogP contribution in [0, 0.1) is 6.92 Å². The van der Waals surface area contributed by atoms with Crippen molar-refractivity contribution in [1.82, 2.24) is 10.5 Å². The van der Waals surface area contributed by atoms with Crippen molar-refractivity contribution >= 4 is 16.8 Å². The first-order chi connectivity index (χ1) is 11.2. The van der Waals surface area contributed by atoms with Crippen molar-refractivity contribution in [2.24, 2.45) is 0 Å². The third-order valence-corrected chi connectivity index (χ3v) is 3.90. The standard InChI is InChI=1S/C19H18N2O2/c1-13-6-8-14(9-7-13)18-12-15(10-11-19(22)21-23)16-4-2-3-5-17(16)20-18/h2-9,12,23H,10-11H2,1H3,(H,21,22). The fraction of sp³-hybridized carbons (Fsp3) is 0.158. The summed E-state index contributed by atoms with van der Waals surface area (Å²) in [6.45, 7) is 2.05. The van der Waals surface area contributed by atoms with Gasteiger partial charge in [-0.25, -0.2) is 10.5 Å². The molecule has 0 unspecified atom stereocenters. The van der Waals surface area contributed by atoms with Crippen LogP contribution < -0.4 is 5.48 Å². The van der Waals surface area contributed by atoms with Crippen LogP contribution in [0.1, 0.15) is 17.5 Å². The molecule has 1 heterocycles. The highest BCUT2D eigenvalue weighted by Crippen LogP contribution is 2.26. The highest BCUT2D eigenvalue weighted by Gasteiger charge is 2.09. The molecule has 0 aliphatic carbocycles. The fourth-order valence-corrected chi connectivity index (χ4v) is 2.63. The summed E-state index contributed by atoms with van der Waals surface area (Å²) < 4.78 is 0. The van der Waals surface area contributed by atoms with Crippen LogP contribution in [-0.2, 0) is 11.2 Å². The van der Waals surface area contributed by atoms with Gasteiger partial charge in [-0.15, -0.1) is 0 Å². The average molecular weight is 306 g/mol. The van der Waals surface area contributed by atoms with Gasteiger partial charge < -0.3 is 0 Å². The van der Waals surface area contributed by atoms with Crippen LogP contribution >= 0.6 is 0 Å². The van der Waals surface area contributed by atoms with Gasteiger partial charge in [0.15, 0.2) is 0 Å². The van der Waals surface area contributed by atoms with E-state index in [4.69, 9.17) is 10.2 Å². The Balaban J connectivity index is 2.06. The fourth-order valence-electron chi connectivity index (χ4n) is 2.63. The summed E-state index contributed by atoms with van der Waals surface area (Å²) in [4.78, 5) is 16.1. The Bertz CT molecular complexity index is 842. The van der Waals surface area contributed by atoms with E-state index in [2.05, 4.69) is 31.2 Å². The summed E-state index contributed by atoms with van der Waals surface area (Å²) in [5.41, 5.74) is 6.78. The Labute approximate surface area is 134 Å². The number of aryl methyl sites for hydroxylation is 2. The lowest BCUT2D eigenvalue weighted by Crippen LogP contribution is -2.18. The molecule has 116 valence electrons. The number of carbonyl (C=O) groups excluding carboxylic acids is 1.